The third kappa shape index (κ3) is 3.74. The van der Waals surface area contributed by atoms with Crippen molar-refractivity contribution in [1.29, 1.82) is 0 Å². The lowest BCUT2D eigenvalue weighted by molar-refractivity contribution is -0.118. The van der Waals surface area contributed by atoms with Gasteiger partial charge in [-0.25, -0.2) is 4.98 Å². The molecule has 0 saturated carbocycles. The molecular weight excluding hydrogens is 255 g/mol. The van der Waals surface area contributed by atoms with Gasteiger partial charge in [0.25, 0.3) is 0 Å². The highest BCUT2D eigenvalue weighted by Gasteiger charge is 1.98. The van der Waals surface area contributed by atoms with Gasteiger partial charge in [0.2, 0.25) is 5.91 Å². The molecule has 3 nitrogen and oxygen atoms in total. The number of aromatic nitrogens is 1. The summed E-state index contributed by atoms with van der Waals surface area (Å²) in [5, 5.41) is 3.47. The van der Waals surface area contributed by atoms with Gasteiger partial charge in [0.15, 0.2) is 0 Å². The molecule has 0 aliphatic heterocycles. The fraction of sp³-hybridized carbons (Fsp3) is 0.250. The lowest BCUT2D eigenvalue weighted by Gasteiger charge is -2.02. The maximum atomic E-state index is 10.8. The summed E-state index contributed by atoms with van der Waals surface area (Å²) in [7, 11) is 0. The third-order valence-corrected chi connectivity index (χ3v) is 2.13. The van der Waals surface area contributed by atoms with Crippen molar-refractivity contribution in [2.45, 2.75) is 6.54 Å². The minimum atomic E-state index is -0.0463. The van der Waals surface area contributed by atoms with E-state index in [0.717, 1.165) is 5.56 Å². The van der Waals surface area contributed by atoms with Crippen LogP contribution < -0.4 is 5.32 Å². The zero-order valence-corrected chi connectivity index (χ0v) is 9.10. The van der Waals surface area contributed by atoms with Crippen LogP contribution in [0.15, 0.2) is 18.3 Å². The van der Waals surface area contributed by atoms with Gasteiger partial charge >= 0.3 is 0 Å². The number of hydrogen-bond acceptors (Lipinski definition) is 2. The molecule has 0 aromatic carbocycles. The number of halogens is 2. The van der Waals surface area contributed by atoms with Gasteiger partial charge < -0.3 is 5.32 Å². The average Bonchev–Trinajstić information content (AvgIpc) is 2.16. The SMILES string of the molecule is O=C(CBr)NCc1ccc(Cl)nc1. The number of nitrogens with one attached hydrogen (secondary N) is 1. The highest BCUT2D eigenvalue weighted by atomic mass is 79.9. The Hall–Kier alpha value is -0.610. The molecule has 0 unspecified atom stereocenters. The van der Waals surface area contributed by atoms with E-state index < -0.39 is 0 Å². The second-order valence-electron chi connectivity index (χ2n) is 2.40. The number of carbonyl (C=O) groups excluding carboxylic acids is 1. The molecule has 0 aliphatic carbocycles. The van der Waals surface area contributed by atoms with Crippen molar-refractivity contribution in [2.24, 2.45) is 0 Å². The smallest absolute Gasteiger partial charge is 0.230 e. The molecule has 1 rings (SSSR count). The van der Waals surface area contributed by atoms with Crippen LogP contribution in [-0.2, 0) is 11.3 Å². The van der Waals surface area contributed by atoms with Gasteiger partial charge in [-0.15, -0.1) is 0 Å². The van der Waals surface area contributed by atoms with E-state index in [9.17, 15) is 4.79 Å². The highest BCUT2D eigenvalue weighted by molar-refractivity contribution is 9.09. The van der Waals surface area contributed by atoms with Crippen molar-refractivity contribution >= 4 is 33.4 Å². The topological polar surface area (TPSA) is 42.0 Å². The van der Waals surface area contributed by atoms with E-state index in [2.05, 4.69) is 26.2 Å². The lowest BCUT2D eigenvalue weighted by Crippen LogP contribution is -2.23. The minimum Gasteiger partial charge on any atom is -0.351 e. The Morgan fingerprint density at radius 3 is 2.92 bits per heavy atom. The van der Waals surface area contributed by atoms with Crippen molar-refractivity contribution in [2.75, 3.05) is 5.33 Å². The first-order chi connectivity index (χ1) is 6.22. The quantitative estimate of drug-likeness (QED) is 0.667. The molecular formula is C8H8BrClN2O. The van der Waals surface area contributed by atoms with Crippen molar-refractivity contribution in [1.82, 2.24) is 10.3 Å². The van der Waals surface area contributed by atoms with Crippen LogP contribution in [0.1, 0.15) is 5.56 Å². The van der Waals surface area contributed by atoms with Crippen LogP contribution in [0.2, 0.25) is 5.15 Å². The van der Waals surface area contributed by atoms with Gasteiger partial charge in [0.05, 0.1) is 5.33 Å². The normalized spacial score (nSPS) is 9.69. The first-order valence-corrected chi connectivity index (χ1v) is 5.15. The molecule has 0 atom stereocenters. The predicted octanol–water partition coefficient (Wildman–Crippen LogP) is 1.75. The van der Waals surface area contributed by atoms with Crippen molar-refractivity contribution in [3.05, 3.63) is 29.0 Å². The Morgan fingerprint density at radius 2 is 2.38 bits per heavy atom. The van der Waals surface area contributed by atoms with Gasteiger partial charge in [-0.1, -0.05) is 33.6 Å². The molecule has 1 N–H and O–H groups in total. The summed E-state index contributed by atoms with van der Waals surface area (Å²) in [5.74, 6) is -0.0463. The number of carbonyl (C=O) groups is 1. The number of alkyl halides is 1. The van der Waals surface area contributed by atoms with E-state index >= 15 is 0 Å². The summed E-state index contributed by atoms with van der Waals surface area (Å²) in [6.45, 7) is 0.481. The Kier molecular flexibility index (Phi) is 4.18. The van der Waals surface area contributed by atoms with Crippen molar-refractivity contribution < 1.29 is 4.79 Å². The summed E-state index contributed by atoms with van der Waals surface area (Å²) >= 11 is 8.65. The maximum absolute atomic E-state index is 10.8. The molecule has 13 heavy (non-hydrogen) atoms. The monoisotopic (exact) mass is 262 g/mol. The van der Waals surface area contributed by atoms with Crippen LogP contribution in [0.4, 0.5) is 0 Å². The van der Waals surface area contributed by atoms with Crippen LogP contribution >= 0.6 is 27.5 Å². The Labute approximate surface area is 89.6 Å². The van der Waals surface area contributed by atoms with Gasteiger partial charge in [-0.05, 0) is 11.6 Å². The van der Waals surface area contributed by atoms with E-state index in [1.165, 1.54) is 0 Å². The number of nitrogens with zero attached hydrogens (tertiary/aromatic N) is 1. The maximum Gasteiger partial charge on any atom is 0.230 e. The highest BCUT2D eigenvalue weighted by Crippen LogP contribution is 2.04. The average molecular weight is 264 g/mol. The van der Waals surface area contributed by atoms with E-state index in [1.54, 1.807) is 12.3 Å². The fourth-order valence-electron chi connectivity index (χ4n) is 0.759. The molecule has 0 radical (unpaired) electrons. The summed E-state index contributed by atoms with van der Waals surface area (Å²) in [6.07, 6.45) is 1.64. The Morgan fingerprint density at radius 1 is 1.62 bits per heavy atom. The summed E-state index contributed by atoms with van der Waals surface area (Å²) in [5.41, 5.74) is 0.929. The number of hydrogen-bond donors (Lipinski definition) is 1. The van der Waals surface area contributed by atoms with Gasteiger partial charge in [-0.3, -0.25) is 4.79 Å². The standard InChI is InChI=1S/C8H8BrClN2O/c9-3-8(13)12-5-6-1-2-7(10)11-4-6/h1-2,4H,3,5H2,(H,12,13). The summed E-state index contributed by atoms with van der Waals surface area (Å²) in [4.78, 5) is 14.7. The molecule has 1 heterocycles. The summed E-state index contributed by atoms with van der Waals surface area (Å²) < 4.78 is 0. The molecule has 0 aliphatic rings. The lowest BCUT2D eigenvalue weighted by atomic mass is 10.3. The first-order valence-electron chi connectivity index (χ1n) is 3.65. The zero-order valence-electron chi connectivity index (χ0n) is 6.76. The molecule has 5 heteroatoms. The van der Waals surface area contributed by atoms with Crippen LogP contribution in [-0.4, -0.2) is 16.2 Å². The molecule has 0 bridgehead atoms. The van der Waals surface area contributed by atoms with E-state index in [4.69, 9.17) is 11.6 Å². The third-order valence-electron chi connectivity index (χ3n) is 1.40. The molecule has 0 fully saturated rings. The number of rotatable bonds is 3. The molecule has 0 spiro atoms. The Balaban J connectivity index is 2.46. The molecule has 1 aromatic rings. The molecule has 1 aromatic heterocycles. The van der Waals surface area contributed by atoms with E-state index in [-0.39, 0.29) is 5.91 Å². The first kappa shape index (κ1) is 10.5. The van der Waals surface area contributed by atoms with Crippen molar-refractivity contribution in [3.8, 4) is 0 Å². The second kappa shape index (κ2) is 5.19. The zero-order chi connectivity index (χ0) is 9.68. The molecule has 1 amide bonds. The Bertz CT molecular complexity index is 289. The molecule has 70 valence electrons. The largest absolute Gasteiger partial charge is 0.351 e. The van der Waals surface area contributed by atoms with E-state index in [0.29, 0.717) is 17.0 Å². The number of pyridine rings is 1. The predicted molar refractivity (Wildman–Crippen MR) is 54.9 cm³/mol. The van der Waals surface area contributed by atoms with Crippen LogP contribution in [0, 0.1) is 0 Å². The molecule has 0 saturated heterocycles. The van der Waals surface area contributed by atoms with Crippen LogP contribution in [0.25, 0.3) is 0 Å². The van der Waals surface area contributed by atoms with Gasteiger partial charge in [0, 0.05) is 12.7 Å². The van der Waals surface area contributed by atoms with Crippen LogP contribution in [0.3, 0.4) is 0 Å². The summed E-state index contributed by atoms with van der Waals surface area (Å²) in [6, 6.07) is 3.51. The van der Waals surface area contributed by atoms with E-state index in [1.807, 2.05) is 6.07 Å². The second-order valence-corrected chi connectivity index (χ2v) is 3.35. The van der Waals surface area contributed by atoms with Crippen molar-refractivity contribution in [3.63, 3.8) is 0 Å². The van der Waals surface area contributed by atoms with Gasteiger partial charge in [-0.2, -0.15) is 0 Å². The fourth-order valence-corrected chi connectivity index (χ4v) is 1.07. The van der Waals surface area contributed by atoms with Gasteiger partial charge in [0.1, 0.15) is 5.15 Å². The minimum absolute atomic E-state index is 0.0463. The number of amides is 1. The van der Waals surface area contributed by atoms with Crippen LogP contribution in [0.5, 0.6) is 0 Å².